The molecule has 0 bridgehead atoms. The number of benzene rings is 1. The predicted molar refractivity (Wildman–Crippen MR) is 61.7 cm³/mol. The predicted octanol–water partition coefficient (Wildman–Crippen LogP) is -4.70. The van der Waals surface area contributed by atoms with E-state index in [4.69, 9.17) is 0 Å². The molecule has 4 N–H and O–H groups in total. The Hall–Kier alpha value is -1.41. The summed E-state index contributed by atoms with van der Waals surface area (Å²) >= 11 is 0. The number of anilines is 1. The molecule has 19 heavy (non-hydrogen) atoms. The van der Waals surface area contributed by atoms with Crippen molar-refractivity contribution in [2.45, 2.75) is 6.92 Å². The van der Waals surface area contributed by atoms with Crippen molar-refractivity contribution in [3.63, 3.8) is 0 Å². The number of rotatable bonds is 4. The Morgan fingerprint density at radius 2 is 1.68 bits per heavy atom. The fourth-order valence-electron chi connectivity index (χ4n) is 1.16. The molecule has 1 rings (SSSR count). The molecule has 0 aliphatic heterocycles. The zero-order valence-corrected chi connectivity index (χ0v) is 12.6. The zero-order valence-electron chi connectivity index (χ0n) is 10.6. The fraction of sp³-hybridized carbons (Fsp3) is 0.182. The molecule has 0 saturated carbocycles. The quantitative estimate of drug-likeness (QED) is 0.535. The van der Waals surface area contributed by atoms with E-state index in [-0.39, 0.29) is 40.9 Å². The van der Waals surface area contributed by atoms with Gasteiger partial charge in [0, 0.05) is 18.2 Å². The van der Waals surface area contributed by atoms with E-state index in [9.17, 15) is 19.5 Å². The molecule has 0 spiro atoms. The molecular weight excluding hydrogens is 263 g/mol. The maximum Gasteiger partial charge on any atom is 1.00 e. The normalized spacial score (nSPS) is 8.47. The van der Waals surface area contributed by atoms with E-state index in [1.165, 1.54) is 19.1 Å². The molecule has 1 aromatic rings. The molecule has 0 radical (unpaired) electrons. The van der Waals surface area contributed by atoms with E-state index >= 15 is 0 Å². The summed E-state index contributed by atoms with van der Waals surface area (Å²) in [6.07, 6.45) is 0. The minimum absolute atomic E-state index is 0. The van der Waals surface area contributed by atoms with E-state index in [1.54, 1.807) is 12.1 Å². The molecule has 0 heterocycles. The molecular formula is C11H13N2NaO5. The first-order chi connectivity index (χ1) is 7.99. The Balaban J connectivity index is 0. The van der Waals surface area contributed by atoms with Gasteiger partial charge >= 0.3 is 29.6 Å². The van der Waals surface area contributed by atoms with Crippen LogP contribution >= 0.6 is 0 Å². The second-order valence-electron chi connectivity index (χ2n) is 3.31. The van der Waals surface area contributed by atoms with E-state index in [2.05, 4.69) is 10.6 Å². The van der Waals surface area contributed by atoms with Crippen LogP contribution in [0.25, 0.3) is 0 Å². The average Bonchev–Trinajstić information content (AvgIpc) is 2.26. The molecule has 0 saturated heterocycles. The number of hydrogen-bond acceptors (Lipinski definition) is 4. The maximum atomic E-state index is 11.4. The summed E-state index contributed by atoms with van der Waals surface area (Å²) in [4.78, 5) is 32.3. The van der Waals surface area contributed by atoms with Crippen molar-refractivity contribution < 1.29 is 54.5 Å². The number of carbonyl (C=O) groups excluding carboxylic acids is 3. The number of amides is 2. The van der Waals surface area contributed by atoms with Crippen molar-refractivity contribution in [3.8, 4) is 0 Å². The number of carbonyl (C=O) groups is 3. The van der Waals surface area contributed by atoms with Crippen LogP contribution in [-0.2, 0) is 9.59 Å². The third kappa shape index (κ3) is 7.58. The smallest absolute Gasteiger partial charge is 0.548 e. The molecule has 98 valence electrons. The summed E-state index contributed by atoms with van der Waals surface area (Å²) in [6, 6.07) is 6.07. The topological polar surface area (TPSA) is 130 Å². The van der Waals surface area contributed by atoms with E-state index in [0.29, 0.717) is 11.3 Å². The van der Waals surface area contributed by atoms with Crippen LogP contribution in [-0.4, -0.2) is 29.8 Å². The molecule has 0 fully saturated rings. The van der Waals surface area contributed by atoms with Crippen molar-refractivity contribution in [2.24, 2.45) is 0 Å². The molecule has 7 nitrogen and oxygen atoms in total. The van der Waals surface area contributed by atoms with Crippen LogP contribution in [0.2, 0.25) is 0 Å². The summed E-state index contributed by atoms with van der Waals surface area (Å²) in [5.74, 6) is -2.07. The number of carboxylic acid groups (broad SMARTS) is 1. The van der Waals surface area contributed by atoms with E-state index in [0.717, 1.165) is 0 Å². The largest absolute Gasteiger partial charge is 1.00 e. The summed E-state index contributed by atoms with van der Waals surface area (Å²) in [5.41, 5.74) is 0.870. The Bertz CT molecular complexity index is 447. The van der Waals surface area contributed by atoms with Gasteiger partial charge in [-0.3, -0.25) is 9.59 Å². The second-order valence-corrected chi connectivity index (χ2v) is 3.31. The Morgan fingerprint density at radius 1 is 1.16 bits per heavy atom. The minimum atomic E-state index is -1.35. The Morgan fingerprint density at radius 3 is 2.11 bits per heavy atom. The SMILES string of the molecule is CC(=O)Nc1ccc(C(=O)NCC(=O)[O-])cc1.O.[Na+]. The van der Waals surface area contributed by atoms with Crippen molar-refractivity contribution in [1.82, 2.24) is 5.32 Å². The first-order valence-corrected chi connectivity index (χ1v) is 4.84. The van der Waals surface area contributed by atoms with Gasteiger partial charge < -0.3 is 26.0 Å². The van der Waals surface area contributed by atoms with Crippen LogP contribution in [0.4, 0.5) is 5.69 Å². The molecule has 1 aromatic carbocycles. The first-order valence-electron chi connectivity index (χ1n) is 4.84. The average molecular weight is 276 g/mol. The van der Waals surface area contributed by atoms with Crippen LogP contribution in [0.1, 0.15) is 17.3 Å². The van der Waals surface area contributed by atoms with Gasteiger partial charge in [-0.2, -0.15) is 0 Å². The summed E-state index contributed by atoms with van der Waals surface area (Å²) in [5, 5.41) is 14.9. The number of nitrogens with one attached hydrogen (secondary N) is 2. The molecule has 0 atom stereocenters. The van der Waals surface area contributed by atoms with Crippen LogP contribution in [0.15, 0.2) is 24.3 Å². The van der Waals surface area contributed by atoms with Gasteiger partial charge in [0.15, 0.2) is 0 Å². The van der Waals surface area contributed by atoms with Gasteiger partial charge in [0.2, 0.25) is 5.91 Å². The first kappa shape index (κ1) is 19.9. The van der Waals surface area contributed by atoms with Crippen molar-refractivity contribution in [1.29, 1.82) is 0 Å². The van der Waals surface area contributed by atoms with Gasteiger partial charge in [0.1, 0.15) is 0 Å². The number of hydrogen-bond donors (Lipinski definition) is 2. The minimum Gasteiger partial charge on any atom is -0.548 e. The molecule has 8 heteroatoms. The fourth-order valence-corrected chi connectivity index (χ4v) is 1.16. The van der Waals surface area contributed by atoms with E-state index < -0.39 is 18.4 Å². The molecule has 0 aromatic heterocycles. The number of aliphatic carboxylic acids is 1. The van der Waals surface area contributed by atoms with Crippen molar-refractivity contribution >= 4 is 23.5 Å². The molecule has 0 aliphatic rings. The third-order valence-corrected chi connectivity index (χ3v) is 1.86. The molecule has 0 aliphatic carbocycles. The summed E-state index contributed by atoms with van der Waals surface area (Å²) in [7, 11) is 0. The number of carboxylic acids is 1. The van der Waals surface area contributed by atoms with Gasteiger partial charge in [0.25, 0.3) is 5.91 Å². The van der Waals surface area contributed by atoms with Crippen LogP contribution in [0.5, 0.6) is 0 Å². The molecule has 2 amide bonds. The molecule has 0 unspecified atom stereocenters. The van der Waals surface area contributed by atoms with Crippen LogP contribution in [0, 0.1) is 0 Å². The van der Waals surface area contributed by atoms with Gasteiger partial charge in [0.05, 0.1) is 12.5 Å². The Kier molecular flexibility index (Phi) is 9.97. The zero-order chi connectivity index (χ0) is 12.8. The van der Waals surface area contributed by atoms with Gasteiger partial charge in [-0.1, -0.05) is 0 Å². The van der Waals surface area contributed by atoms with Crippen LogP contribution in [0.3, 0.4) is 0 Å². The summed E-state index contributed by atoms with van der Waals surface area (Å²) < 4.78 is 0. The maximum absolute atomic E-state index is 11.4. The van der Waals surface area contributed by atoms with Gasteiger partial charge in [-0.25, -0.2) is 0 Å². The standard InChI is InChI=1S/C11H12N2O4.Na.H2O/c1-7(14)13-9-4-2-8(3-5-9)11(17)12-6-10(15)16;;/h2-5H,6H2,1H3,(H,12,17)(H,13,14)(H,15,16);;1H2/q;+1;/p-1. The third-order valence-electron chi connectivity index (χ3n) is 1.86. The van der Waals surface area contributed by atoms with Crippen LogP contribution < -0.4 is 45.3 Å². The van der Waals surface area contributed by atoms with Crippen molar-refractivity contribution in [2.75, 3.05) is 11.9 Å². The monoisotopic (exact) mass is 276 g/mol. The van der Waals surface area contributed by atoms with Gasteiger partial charge in [-0.05, 0) is 24.3 Å². The summed E-state index contributed by atoms with van der Waals surface area (Å²) in [6.45, 7) is 0.840. The van der Waals surface area contributed by atoms with E-state index in [1.807, 2.05) is 0 Å². The Labute approximate surface area is 132 Å². The van der Waals surface area contributed by atoms with Crippen molar-refractivity contribution in [3.05, 3.63) is 29.8 Å². The van der Waals surface area contributed by atoms with Gasteiger partial charge in [-0.15, -0.1) is 0 Å². The second kappa shape index (κ2) is 9.51.